The second kappa shape index (κ2) is 9.96. The molecule has 1 aliphatic heterocycles. The number of hydrogen-bond donors (Lipinski definition) is 0. The Labute approximate surface area is 239 Å². The number of fused-ring (bicyclic) bond motifs is 2. The average Bonchev–Trinajstić information content (AvgIpc) is 3.52. The first kappa shape index (κ1) is 26.9. The number of rotatable bonds is 6. The van der Waals surface area contributed by atoms with E-state index in [4.69, 9.17) is 4.74 Å². The topological polar surface area (TPSA) is 97.8 Å². The molecular weight excluding hydrogens is 538 g/mol. The van der Waals surface area contributed by atoms with Gasteiger partial charge in [-0.05, 0) is 55.2 Å². The fourth-order valence-corrected chi connectivity index (χ4v) is 8.32. The van der Waals surface area contributed by atoms with Gasteiger partial charge < -0.3 is 4.74 Å². The molecule has 7 nitrogen and oxygen atoms in total. The van der Waals surface area contributed by atoms with Gasteiger partial charge in [0.25, 0.3) is 10.0 Å². The number of carbonyl (C=O) groups is 3. The Balaban J connectivity index is 1.44. The first-order valence-electron chi connectivity index (χ1n) is 13.5. The van der Waals surface area contributed by atoms with Crippen molar-refractivity contribution in [3.05, 3.63) is 125 Å². The van der Waals surface area contributed by atoms with Crippen LogP contribution in [-0.2, 0) is 41.3 Å². The molecule has 1 fully saturated rings. The largest absolute Gasteiger partial charge is 0.457 e. The molecule has 6 rings (SSSR count). The number of benzene rings is 3. The van der Waals surface area contributed by atoms with Crippen LogP contribution in [0.2, 0.25) is 0 Å². The number of amides is 1. The highest BCUT2D eigenvalue weighted by atomic mass is 32.2. The zero-order valence-corrected chi connectivity index (χ0v) is 23.3. The summed E-state index contributed by atoms with van der Waals surface area (Å²) in [4.78, 5) is 40.7. The lowest BCUT2D eigenvalue weighted by atomic mass is 9.62. The maximum absolute atomic E-state index is 14.6. The number of nitrogens with zero attached hydrogens (tertiary/aromatic N) is 1. The maximum atomic E-state index is 14.6. The van der Waals surface area contributed by atoms with Crippen molar-refractivity contribution in [2.75, 3.05) is 0 Å². The number of carbonyl (C=O) groups excluding carboxylic acids is 3. The summed E-state index contributed by atoms with van der Waals surface area (Å²) in [7, 11) is -4.36. The summed E-state index contributed by atoms with van der Waals surface area (Å²) in [6.45, 7) is 1.93. The molecule has 3 atom stereocenters. The predicted octanol–water partition coefficient (Wildman–Crippen LogP) is 5.02. The van der Waals surface area contributed by atoms with E-state index in [0.29, 0.717) is 11.1 Å². The smallest absolute Gasteiger partial charge is 0.334 e. The van der Waals surface area contributed by atoms with Gasteiger partial charge in [-0.25, -0.2) is 17.5 Å². The molecule has 2 aliphatic carbocycles. The van der Waals surface area contributed by atoms with Gasteiger partial charge in [0, 0.05) is 17.9 Å². The highest BCUT2D eigenvalue weighted by molar-refractivity contribution is 7.89. The number of aryl methyl sites for hydroxylation is 1. The summed E-state index contributed by atoms with van der Waals surface area (Å²) in [5, 5.41) is 0. The number of esters is 1. The summed E-state index contributed by atoms with van der Waals surface area (Å²) in [5.41, 5.74) is -0.136. The third-order valence-electron chi connectivity index (χ3n) is 8.56. The standard InChI is InChI=1S/C33H29NO6S/c1-23-12-14-28(15-13-23)41(38,39)34-31(37)32(18-16-25(21-32)30(36)40-22-24-8-4-2-5-9-24)29-20-27(35)17-19-33(29,34)26-10-6-3-7-11-26/h2-17,19,29H,18,20-22H2,1H3/t29-,32+,33+/m1/s1. The molecule has 3 aromatic rings. The van der Waals surface area contributed by atoms with Gasteiger partial charge in [0.15, 0.2) is 5.78 Å². The fraction of sp³-hybridized carbons (Fsp3) is 0.242. The van der Waals surface area contributed by atoms with Gasteiger partial charge in [-0.2, -0.15) is 0 Å². The maximum Gasteiger partial charge on any atom is 0.334 e. The van der Waals surface area contributed by atoms with Gasteiger partial charge in [0.1, 0.15) is 12.1 Å². The van der Waals surface area contributed by atoms with Crippen LogP contribution >= 0.6 is 0 Å². The zero-order valence-electron chi connectivity index (χ0n) is 22.5. The van der Waals surface area contributed by atoms with Crippen molar-refractivity contribution in [1.82, 2.24) is 4.31 Å². The van der Waals surface area contributed by atoms with Crippen LogP contribution in [0.1, 0.15) is 36.0 Å². The molecule has 208 valence electrons. The van der Waals surface area contributed by atoms with Crippen LogP contribution in [0.4, 0.5) is 0 Å². The van der Waals surface area contributed by atoms with Crippen LogP contribution in [-0.4, -0.2) is 30.4 Å². The highest BCUT2D eigenvalue weighted by Gasteiger charge is 2.71. The molecule has 0 N–H and O–H groups in total. The number of ketones is 1. The Morgan fingerprint density at radius 1 is 0.951 bits per heavy atom. The SMILES string of the molecule is Cc1ccc(S(=O)(=O)N2C(=O)[C@]3(CC=C(C(=O)OCc4ccccc4)C3)[C@H]3CC(=O)C=C[C@]32c2ccccc2)cc1. The highest BCUT2D eigenvalue weighted by Crippen LogP contribution is 2.63. The molecule has 0 saturated carbocycles. The average molecular weight is 568 g/mol. The van der Waals surface area contributed by atoms with Gasteiger partial charge in [-0.15, -0.1) is 0 Å². The Morgan fingerprint density at radius 2 is 1.61 bits per heavy atom. The molecule has 8 heteroatoms. The number of sulfonamides is 1. The molecule has 0 radical (unpaired) electrons. The normalized spacial score (nSPS) is 25.3. The van der Waals surface area contributed by atoms with Crippen LogP contribution < -0.4 is 0 Å². The van der Waals surface area contributed by atoms with E-state index in [-0.39, 0.29) is 36.5 Å². The van der Waals surface area contributed by atoms with Crippen LogP contribution in [0.25, 0.3) is 0 Å². The van der Waals surface area contributed by atoms with Crippen LogP contribution in [0.15, 0.2) is 114 Å². The van der Waals surface area contributed by atoms with E-state index in [1.54, 1.807) is 48.6 Å². The first-order valence-corrected chi connectivity index (χ1v) is 15.0. The second-order valence-electron chi connectivity index (χ2n) is 11.0. The molecule has 0 bridgehead atoms. The Kier molecular flexibility index (Phi) is 6.53. The minimum atomic E-state index is -4.36. The monoisotopic (exact) mass is 567 g/mol. The minimum absolute atomic E-state index is 0.0127. The van der Waals surface area contributed by atoms with Crippen molar-refractivity contribution in [3.63, 3.8) is 0 Å². The lowest BCUT2D eigenvalue weighted by Crippen LogP contribution is -2.50. The Hall–Kier alpha value is -4.30. The minimum Gasteiger partial charge on any atom is -0.457 e. The summed E-state index contributed by atoms with van der Waals surface area (Å²) < 4.78 is 35.3. The van der Waals surface area contributed by atoms with Crippen molar-refractivity contribution in [2.24, 2.45) is 11.3 Å². The van der Waals surface area contributed by atoms with Gasteiger partial charge in [-0.3, -0.25) is 9.59 Å². The van der Waals surface area contributed by atoms with Crippen molar-refractivity contribution in [1.29, 1.82) is 0 Å². The molecule has 1 spiro atoms. The molecule has 3 aliphatic rings. The molecule has 1 amide bonds. The number of allylic oxidation sites excluding steroid dienone is 2. The van der Waals surface area contributed by atoms with E-state index in [2.05, 4.69) is 0 Å². The molecule has 1 heterocycles. The van der Waals surface area contributed by atoms with Crippen molar-refractivity contribution in [2.45, 2.75) is 43.2 Å². The van der Waals surface area contributed by atoms with Crippen LogP contribution in [0.3, 0.4) is 0 Å². The molecule has 0 aromatic heterocycles. The molecule has 41 heavy (non-hydrogen) atoms. The summed E-state index contributed by atoms with van der Waals surface area (Å²) in [6, 6.07) is 24.6. The Bertz CT molecular complexity index is 1700. The third kappa shape index (κ3) is 4.25. The van der Waals surface area contributed by atoms with E-state index in [1.807, 2.05) is 43.3 Å². The lowest BCUT2D eigenvalue weighted by Gasteiger charge is -2.42. The van der Waals surface area contributed by atoms with Gasteiger partial charge in [0.05, 0.1) is 10.3 Å². The van der Waals surface area contributed by atoms with Crippen molar-refractivity contribution < 1.29 is 27.5 Å². The van der Waals surface area contributed by atoms with E-state index < -0.39 is 38.8 Å². The number of ether oxygens (including phenoxy) is 1. The summed E-state index contributed by atoms with van der Waals surface area (Å²) in [6.07, 6.45) is 4.71. The predicted molar refractivity (Wildman–Crippen MR) is 152 cm³/mol. The van der Waals surface area contributed by atoms with Gasteiger partial charge in [-0.1, -0.05) is 84.4 Å². The van der Waals surface area contributed by atoms with Crippen molar-refractivity contribution in [3.8, 4) is 0 Å². The molecule has 1 saturated heterocycles. The van der Waals surface area contributed by atoms with E-state index in [1.165, 1.54) is 18.2 Å². The van der Waals surface area contributed by atoms with E-state index >= 15 is 0 Å². The quantitative estimate of drug-likeness (QED) is 0.388. The molecule has 3 aromatic carbocycles. The van der Waals surface area contributed by atoms with Gasteiger partial charge in [0.2, 0.25) is 5.91 Å². The third-order valence-corrected chi connectivity index (χ3v) is 10.4. The van der Waals surface area contributed by atoms with E-state index in [0.717, 1.165) is 15.4 Å². The van der Waals surface area contributed by atoms with E-state index in [9.17, 15) is 22.8 Å². The van der Waals surface area contributed by atoms with Gasteiger partial charge >= 0.3 is 5.97 Å². The van der Waals surface area contributed by atoms with Crippen molar-refractivity contribution >= 4 is 27.7 Å². The molecular formula is C33H29NO6S. The number of hydrogen-bond acceptors (Lipinski definition) is 6. The second-order valence-corrected chi connectivity index (χ2v) is 12.8. The summed E-state index contributed by atoms with van der Waals surface area (Å²) in [5.74, 6) is -2.09. The lowest BCUT2D eigenvalue weighted by molar-refractivity contribution is -0.140. The van der Waals surface area contributed by atoms with Crippen LogP contribution in [0, 0.1) is 18.3 Å². The van der Waals surface area contributed by atoms with Crippen LogP contribution in [0.5, 0.6) is 0 Å². The zero-order chi connectivity index (χ0) is 28.8. The summed E-state index contributed by atoms with van der Waals surface area (Å²) >= 11 is 0. The first-order chi connectivity index (χ1) is 19.7. The fourth-order valence-electron chi connectivity index (χ4n) is 6.54. The Morgan fingerprint density at radius 3 is 2.29 bits per heavy atom. The molecule has 0 unspecified atom stereocenters.